The number of nitrogens with one attached hydrogen (secondary N) is 2. The quantitative estimate of drug-likeness (QED) is 0.636. The Morgan fingerprint density at radius 1 is 1.18 bits per heavy atom. The molecule has 0 unspecified atom stereocenters. The van der Waals surface area contributed by atoms with Gasteiger partial charge < -0.3 is 15.2 Å². The number of nitrogens with zero attached hydrogens (tertiary/aromatic N) is 1. The van der Waals surface area contributed by atoms with E-state index in [1.54, 1.807) is 32.0 Å². The lowest BCUT2D eigenvalue weighted by Crippen LogP contribution is -2.39. The number of halogens is 2. The Labute approximate surface area is 174 Å². The van der Waals surface area contributed by atoms with Gasteiger partial charge in [0.1, 0.15) is 12.2 Å². The van der Waals surface area contributed by atoms with E-state index >= 15 is 0 Å². The largest absolute Gasteiger partial charge is 0.354 e. The Bertz CT molecular complexity index is 922. The number of benzene rings is 1. The number of aromatic nitrogens is 1. The van der Waals surface area contributed by atoms with Gasteiger partial charge in [0.25, 0.3) is 5.91 Å². The van der Waals surface area contributed by atoms with Gasteiger partial charge in [0.2, 0.25) is 5.91 Å². The van der Waals surface area contributed by atoms with Crippen LogP contribution in [0, 0.1) is 13.8 Å². The first-order valence-corrected chi connectivity index (χ1v) is 9.65. The summed E-state index contributed by atoms with van der Waals surface area (Å²) in [4.78, 5) is 41.8. The fraction of sp³-hybridized carbons (Fsp3) is 0.350. The van der Waals surface area contributed by atoms with Crippen molar-refractivity contribution in [2.24, 2.45) is 0 Å². The van der Waals surface area contributed by atoms with Crippen LogP contribution in [0.3, 0.4) is 0 Å². The molecule has 2 aromatic rings. The first kappa shape index (κ1) is 22.0. The number of aromatic amines is 1. The molecule has 0 atom stereocenters. The predicted octanol–water partition coefficient (Wildman–Crippen LogP) is 4.63. The minimum absolute atomic E-state index is 0.110. The Morgan fingerprint density at radius 2 is 1.86 bits per heavy atom. The van der Waals surface area contributed by atoms with Crippen molar-refractivity contribution >= 4 is 46.5 Å². The van der Waals surface area contributed by atoms with Crippen LogP contribution in [0.1, 0.15) is 52.4 Å². The van der Waals surface area contributed by atoms with Crippen LogP contribution in [0.5, 0.6) is 0 Å². The summed E-state index contributed by atoms with van der Waals surface area (Å²) >= 11 is 12.0. The lowest BCUT2D eigenvalue weighted by atomic mass is 10.1. The predicted molar refractivity (Wildman–Crippen MR) is 112 cm³/mol. The van der Waals surface area contributed by atoms with Crippen LogP contribution in [0.2, 0.25) is 10.0 Å². The molecule has 0 saturated heterocycles. The molecule has 0 aliphatic rings. The molecule has 0 saturated carbocycles. The van der Waals surface area contributed by atoms with Gasteiger partial charge >= 0.3 is 0 Å². The number of anilines is 1. The van der Waals surface area contributed by atoms with E-state index < -0.39 is 5.91 Å². The molecule has 2 rings (SSSR count). The SMILES string of the molecule is CCCN(CC(=O)Nc1cc(Cl)ccc1Cl)C(=O)c1[nH]c(C)c(C(C)=O)c1C. The summed E-state index contributed by atoms with van der Waals surface area (Å²) in [6, 6.07) is 4.75. The maximum atomic E-state index is 13.0. The van der Waals surface area contributed by atoms with Gasteiger partial charge in [-0.3, -0.25) is 14.4 Å². The standard InChI is InChI=1S/C20H23Cl2N3O3/c1-5-8-25(10-17(27)24-16-9-14(21)6-7-15(16)22)20(28)19-11(2)18(13(4)26)12(3)23-19/h6-7,9,23H,5,8,10H2,1-4H3,(H,24,27). The second-order valence-corrected chi connectivity index (χ2v) is 7.42. The Kier molecular flexibility index (Phi) is 7.27. The molecule has 0 fully saturated rings. The maximum Gasteiger partial charge on any atom is 0.271 e. The average Bonchev–Trinajstić information content (AvgIpc) is 2.91. The van der Waals surface area contributed by atoms with Gasteiger partial charge in [-0.05, 0) is 51.0 Å². The number of ketones is 1. The van der Waals surface area contributed by atoms with E-state index in [0.29, 0.717) is 51.2 Å². The molecule has 0 aliphatic heterocycles. The molecule has 1 heterocycles. The maximum absolute atomic E-state index is 13.0. The van der Waals surface area contributed by atoms with Crippen LogP contribution in [-0.4, -0.2) is 40.6 Å². The zero-order valence-electron chi connectivity index (χ0n) is 16.3. The van der Waals surface area contributed by atoms with Crippen LogP contribution in [0.25, 0.3) is 0 Å². The van der Waals surface area contributed by atoms with Gasteiger partial charge in [0.05, 0.1) is 10.7 Å². The summed E-state index contributed by atoms with van der Waals surface area (Å²) in [5.74, 6) is -0.832. The van der Waals surface area contributed by atoms with Crippen molar-refractivity contribution in [2.45, 2.75) is 34.1 Å². The third-order valence-corrected chi connectivity index (χ3v) is 4.89. The van der Waals surface area contributed by atoms with Crippen molar-refractivity contribution in [1.82, 2.24) is 9.88 Å². The molecule has 0 spiro atoms. The van der Waals surface area contributed by atoms with E-state index in [9.17, 15) is 14.4 Å². The van der Waals surface area contributed by atoms with Gasteiger partial charge in [-0.2, -0.15) is 0 Å². The molecule has 150 valence electrons. The zero-order valence-corrected chi connectivity index (χ0v) is 17.8. The number of Topliss-reactive ketones (excluding diaryl/α,β-unsaturated/α-hetero) is 1. The van der Waals surface area contributed by atoms with Gasteiger partial charge in [0, 0.05) is 22.8 Å². The number of rotatable bonds is 7. The number of hydrogen-bond acceptors (Lipinski definition) is 3. The summed E-state index contributed by atoms with van der Waals surface area (Å²) in [6.45, 7) is 7.09. The lowest BCUT2D eigenvalue weighted by molar-refractivity contribution is -0.116. The average molecular weight is 424 g/mol. The van der Waals surface area contributed by atoms with E-state index in [1.807, 2.05) is 6.92 Å². The molecule has 2 amide bonds. The molecule has 28 heavy (non-hydrogen) atoms. The van der Waals surface area contributed by atoms with Crippen molar-refractivity contribution in [3.8, 4) is 0 Å². The van der Waals surface area contributed by atoms with E-state index in [2.05, 4.69) is 10.3 Å². The Hall–Kier alpha value is -2.31. The summed E-state index contributed by atoms with van der Waals surface area (Å²) in [7, 11) is 0. The van der Waals surface area contributed by atoms with Crippen molar-refractivity contribution in [3.63, 3.8) is 0 Å². The molecule has 2 N–H and O–H groups in total. The van der Waals surface area contributed by atoms with Gasteiger partial charge in [-0.1, -0.05) is 30.1 Å². The molecule has 0 radical (unpaired) electrons. The topological polar surface area (TPSA) is 82.3 Å². The van der Waals surface area contributed by atoms with E-state index in [0.717, 1.165) is 0 Å². The number of carbonyl (C=O) groups is 3. The smallest absolute Gasteiger partial charge is 0.271 e. The van der Waals surface area contributed by atoms with Crippen LogP contribution >= 0.6 is 23.2 Å². The van der Waals surface area contributed by atoms with Crippen molar-refractivity contribution < 1.29 is 14.4 Å². The highest BCUT2D eigenvalue weighted by atomic mass is 35.5. The van der Waals surface area contributed by atoms with E-state index in [-0.39, 0.29) is 18.2 Å². The normalized spacial score (nSPS) is 10.6. The Balaban J connectivity index is 2.22. The zero-order chi connectivity index (χ0) is 21.0. The van der Waals surface area contributed by atoms with Crippen LogP contribution in [0.4, 0.5) is 5.69 Å². The summed E-state index contributed by atoms with van der Waals surface area (Å²) in [5, 5.41) is 3.48. The third-order valence-electron chi connectivity index (χ3n) is 4.32. The molecule has 1 aromatic carbocycles. The third kappa shape index (κ3) is 4.94. The minimum Gasteiger partial charge on any atom is -0.354 e. The van der Waals surface area contributed by atoms with E-state index in [4.69, 9.17) is 23.2 Å². The van der Waals surface area contributed by atoms with E-state index in [1.165, 1.54) is 11.8 Å². The highest BCUT2D eigenvalue weighted by Crippen LogP contribution is 2.25. The van der Waals surface area contributed by atoms with Crippen LogP contribution < -0.4 is 5.32 Å². The van der Waals surface area contributed by atoms with Crippen molar-refractivity contribution in [2.75, 3.05) is 18.4 Å². The fourth-order valence-corrected chi connectivity index (χ4v) is 3.47. The lowest BCUT2D eigenvalue weighted by Gasteiger charge is -2.21. The number of aryl methyl sites for hydroxylation is 1. The number of H-pyrrole nitrogens is 1. The molecule has 8 heteroatoms. The number of amides is 2. The van der Waals surface area contributed by atoms with Crippen LogP contribution in [0.15, 0.2) is 18.2 Å². The number of hydrogen-bond donors (Lipinski definition) is 2. The molecule has 0 bridgehead atoms. The first-order valence-electron chi connectivity index (χ1n) is 8.90. The number of carbonyl (C=O) groups excluding carboxylic acids is 3. The summed E-state index contributed by atoms with van der Waals surface area (Å²) in [6.07, 6.45) is 0.676. The van der Waals surface area contributed by atoms with Gasteiger partial charge in [-0.25, -0.2) is 0 Å². The summed E-state index contributed by atoms with van der Waals surface area (Å²) in [5.41, 5.74) is 2.45. The summed E-state index contributed by atoms with van der Waals surface area (Å²) < 4.78 is 0. The first-order chi connectivity index (χ1) is 13.1. The molecular formula is C20H23Cl2N3O3. The van der Waals surface area contributed by atoms with Crippen LogP contribution in [-0.2, 0) is 4.79 Å². The molecular weight excluding hydrogens is 401 g/mol. The molecule has 6 nitrogen and oxygen atoms in total. The van der Waals surface area contributed by atoms with Crippen molar-refractivity contribution in [3.05, 3.63) is 50.8 Å². The molecule has 0 aliphatic carbocycles. The minimum atomic E-state index is -0.390. The highest BCUT2D eigenvalue weighted by molar-refractivity contribution is 6.35. The van der Waals surface area contributed by atoms with Crippen molar-refractivity contribution in [1.29, 1.82) is 0 Å². The second kappa shape index (κ2) is 9.26. The highest BCUT2D eigenvalue weighted by Gasteiger charge is 2.25. The Morgan fingerprint density at radius 3 is 2.43 bits per heavy atom. The van der Waals surface area contributed by atoms with Gasteiger partial charge in [-0.15, -0.1) is 0 Å². The molecule has 1 aromatic heterocycles. The fourth-order valence-electron chi connectivity index (χ4n) is 3.13. The monoisotopic (exact) mass is 423 g/mol. The van der Waals surface area contributed by atoms with Gasteiger partial charge in [0.15, 0.2) is 5.78 Å². The second-order valence-electron chi connectivity index (χ2n) is 6.58.